The van der Waals surface area contributed by atoms with Crippen molar-refractivity contribution in [3.05, 3.63) is 0 Å². The molecule has 0 aromatic carbocycles. The van der Waals surface area contributed by atoms with E-state index in [1.807, 2.05) is 20.8 Å². The highest BCUT2D eigenvalue weighted by Crippen LogP contribution is 2.32. The van der Waals surface area contributed by atoms with Crippen molar-refractivity contribution in [3.8, 4) is 0 Å². The van der Waals surface area contributed by atoms with Crippen LogP contribution in [0.5, 0.6) is 0 Å². The molecule has 2 saturated heterocycles. The monoisotopic (exact) mass is 293 g/mol. The van der Waals surface area contributed by atoms with Crippen LogP contribution in [0.4, 0.5) is 18.0 Å². The highest BCUT2D eigenvalue weighted by Gasteiger charge is 2.44. The summed E-state index contributed by atoms with van der Waals surface area (Å²) in [5.74, 6) is 0.339. The molecule has 2 rings (SSSR count). The summed E-state index contributed by atoms with van der Waals surface area (Å²) in [6.07, 6.45) is -4.14. The van der Waals surface area contributed by atoms with Gasteiger partial charge in [0.05, 0.1) is 6.54 Å². The number of likely N-dealkylation sites (tertiary alicyclic amines) is 2. The minimum atomic E-state index is -4.14. The van der Waals surface area contributed by atoms with E-state index in [4.69, 9.17) is 0 Å². The second-order valence-electron chi connectivity index (χ2n) is 6.91. The van der Waals surface area contributed by atoms with Crippen LogP contribution in [0.15, 0.2) is 0 Å². The van der Waals surface area contributed by atoms with Crippen LogP contribution in [0.2, 0.25) is 0 Å². The molecule has 0 radical (unpaired) electrons. The second kappa shape index (κ2) is 5.09. The maximum atomic E-state index is 12.4. The summed E-state index contributed by atoms with van der Waals surface area (Å²) in [6.45, 7) is 6.87. The summed E-state index contributed by atoms with van der Waals surface area (Å²) in [5, 5.41) is 2.89. The summed E-state index contributed by atoms with van der Waals surface area (Å²) in [5.41, 5.74) is -0.295. The van der Waals surface area contributed by atoms with Gasteiger partial charge in [-0.1, -0.05) is 0 Å². The predicted octanol–water partition coefficient (Wildman–Crippen LogP) is 1.92. The van der Waals surface area contributed by atoms with Crippen LogP contribution in [-0.4, -0.2) is 60.3 Å². The average molecular weight is 293 g/mol. The normalized spacial score (nSPS) is 27.8. The standard InChI is InChI=1S/C13H22F3N3O/c1-12(2,3)17-11(20)19-6-9-4-18(5-10(9)7-19)8-13(14,15)16/h9-10H,4-8H2,1-3H3,(H,17,20). The van der Waals surface area contributed by atoms with Gasteiger partial charge in [-0.3, -0.25) is 4.90 Å². The van der Waals surface area contributed by atoms with Gasteiger partial charge in [0.25, 0.3) is 0 Å². The number of fused-ring (bicyclic) bond motifs is 1. The maximum Gasteiger partial charge on any atom is 0.401 e. The van der Waals surface area contributed by atoms with Crippen molar-refractivity contribution in [1.82, 2.24) is 15.1 Å². The molecular formula is C13H22F3N3O. The molecular weight excluding hydrogens is 271 g/mol. The number of rotatable bonds is 1. The number of nitrogens with zero attached hydrogens (tertiary/aromatic N) is 2. The maximum absolute atomic E-state index is 12.4. The molecule has 4 nitrogen and oxygen atoms in total. The van der Waals surface area contributed by atoms with Gasteiger partial charge in [0, 0.05) is 31.7 Å². The Morgan fingerprint density at radius 1 is 1.10 bits per heavy atom. The zero-order valence-corrected chi connectivity index (χ0v) is 12.1. The van der Waals surface area contributed by atoms with Crippen molar-refractivity contribution < 1.29 is 18.0 Å². The highest BCUT2D eigenvalue weighted by molar-refractivity contribution is 5.75. The van der Waals surface area contributed by atoms with Gasteiger partial charge in [-0.2, -0.15) is 13.2 Å². The highest BCUT2D eigenvalue weighted by atomic mass is 19.4. The average Bonchev–Trinajstić information content (AvgIpc) is 2.68. The van der Waals surface area contributed by atoms with Gasteiger partial charge in [-0.05, 0) is 32.6 Å². The smallest absolute Gasteiger partial charge is 0.333 e. The number of amides is 2. The lowest BCUT2D eigenvalue weighted by molar-refractivity contribution is -0.144. The molecule has 2 unspecified atom stereocenters. The summed E-state index contributed by atoms with van der Waals surface area (Å²) < 4.78 is 37.1. The first-order chi connectivity index (χ1) is 9.03. The molecule has 7 heteroatoms. The molecule has 0 saturated carbocycles. The third-order valence-electron chi connectivity index (χ3n) is 3.73. The number of hydrogen-bond acceptors (Lipinski definition) is 2. The Hall–Kier alpha value is -0.980. The van der Waals surface area contributed by atoms with Crippen molar-refractivity contribution in [2.45, 2.75) is 32.5 Å². The molecule has 2 amide bonds. The van der Waals surface area contributed by atoms with Crippen molar-refractivity contribution in [1.29, 1.82) is 0 Å². The van der Waals surface area contributed by atoms with Crippen LogP contribution >= 0.6 is 0 Å². The number of hydrogen-bond donors (Lipinski definition) is 1. The molecule has 2 heterocycles. The van der Waals surface area contributed by atoms with E-state index in [-0.39, 0.29) is 23.4 Å². The lowest BCUT2D eigenvalue weighted by atomic mass is 10.0. The van der Waals surface area contributed by atoms with Crippen molar-refractivity contribution in [3.63, 3.8) is 0 Å². The van der Waals surface area contributed by atoms with Gasteiger partial charge in [-0.15, -0.1) is 0 Å². The molecule has 0 spiro atoms. The number of alkyl halides is 3. The summed E-state index contributed by atoms with van der Waals surface area (Å²) in [6, 6.07) is -0.116. The lowest BCUT2D eigenvalue weighted by Crippen LogP contribution is -2.48. The van der Waals surface area contributed by atoms with Gasteiger partial charge in [0.15, 0.2) is 0 Å². The third kappa shape index (κ3) is 4.01. The molecule has 2 aliphatic rings. The van der Waals surface area contributed by atoms with Crippen LogP contribution in [0.1, 0.15) is 20.8 Å². The van der Waals surface area contributed by atoms with Crippen molar-refractivity contribution in [2.24, 2.45) is 11.8 Å². The first-order valence-electron chi connectivity index (χ1n) is 6.90. The SMILES string of the molecule is CC(C)(C)NC(=O)N1CC2CN(CC(F)(F)F)CC2C1. The van der Waals surface area contributed by atoms with E-state index in [9.17, 15) is 18.0 Å². The van der Waals surface area contributed by atoms with Gasteiger partial charge in [0.1, 0.15) is 0 Å². The Balaban J connectivity index is 1.84. The zero-order valence-electron chi connectivity index (χ0n) is 12.1. The predicted molar refractivity (Wildman–Crippen MR) is 69.3 cm³/mol. The van der Waals surface area contributed by atoms with Crippen LogP contribution in [-0.2, 0) is 0 Å². The topological polar surface area (TPSA) is 35.6 Å². The van der Waals surface area contributed by atoms with Gasteiger partial charge in [0.2, 0.25) is 0 Å². The molecule has 0 aromatic rings. The van der Waals surface area contributed by atoms with Gasteiger partial charge < -0.3 is 10.2 Å². The Bertz CT molecular complexity index is 364. The number of halogens is 3. The number of urea groups is 1. The number of nitrogens with one attached hydrogen (secondary N) is 1. The lowest BCUT2D eigenvalue weighted by Gasteiger charge is -2.27. The quantitative estimate of drug-likeness (QED) is 0.802. The Morgan fingerprint density at radius 2 is 1.60 bits per heavy atom. The molecule has 2 atom stereocenters. The fourth-order valence-electron chi connectivity index (χ4n) is 3.04. The zero-order chi connectivity index (χ0) is 15.1. The third-order valence-corrected chi connectivity index (χ3v) is 3.73. The Labute approximate surface area is 117 Å². The van der Waals surface area contributed by atoms with E-state index in [0.717, 1.165) is 0 Å². The molecule has 2 aliphatic heterocycles. The van der Waals surface area contributed by atoms with Crippen LogP contribution in [0.25, 0.3) is 0 Å². The van der Waals surface area contributed by atoms with E-state index in [1.165, 1.54) is 4.90 Å². The minimum Gasteiger partial charge on any atom is -0.333 e. The van der Waals surface area contributed by atoms with E-state index >= 15 is 0 Å². The van der Waals surface area contributed by atoms with Gasteiger partial charge in [-0.25, -0.2) is 4.79 Å². The first-order valence-corrected chi connectivity index (χ1v) is 6.90. The summed E-state index contributed by atoms with van der Waals surface area (Å²) in [7, 11) is 0. The molecule has 20 heavy (non-hydrogen) atoms. The molecule has 116 valence electrons. The molecule has 0 aliphatic carbocycles. The number of carbonyl (C=O) groups is 1. The first kappa shape index (κ1) is 15.4. The van der Waals surface area contributed by atoms with Gasteiger partial charge >= 0.3 is 12.2 Å². The largest absolute Gasteiger partial charge is 0.401 e. The molecule has 1 N–H and O–H groups in total. The molecule has 2 fully saturated rings. The molecule has 0 aromatic heterocycles. The van der Waals surface area contributed by atoms with E-state index in [0.29, 0.717) is 26.2 Å². The fourth-order valence-corrected chi connectivity index (χ4v) is 3.04. The number of carbonyl (C=O) groups excluding carboxylic acids is 1. The Kier molecular flexibility index (Phi) is 3.92. The van der Waals surface area contributed by atoms with Crippen molar-refractivity contribution >= 4 is 6.03 Å². The fraction of sp³-hybridized carbons (Fsp3) is 0.923. The van der Waals surface area contributed by atoms with E-state index in [1.54, 1.807) is 4.90 Å². The second-order valence-corrected chi connectivity index (χ2v) is 6.91. The Morgan fingerprint density at radius 3 is 2.00 bits per heavy atom. The summed E-state index contributed by atoms with van der Waals surface area (Å²) in [4.78, 5) is 15.2. The van der Waals surface area contributed by atoms with Crippen LogP contribution in [0, 0.1) is 11.8 Å². The van der Waals surface area contributed by atoms with Crippen molar-refractivity contribution in [2.75, 3.05) is 32.7 Å². The van der Waals surface area contributed by atoms with E-state index < -0.39 is 12.7 Å². The van der Waals surface area contributed by atoms with E-state index in [2.05, 4.69) is 5.32 Å². The van der Waals surface area contributed by atoms with Crippen LogP contribution < -0.4 is 5.32 Å². The minimum absolute atomic E-state index is 0.116. The van der Waals surface area contributed by atoms with Crippen LogP contribution in [0.3, 0.4) is 0 Å². The molecule has 0 bridgehead atoms. The summed E-state index contributed by atoms with van der Waals surface area (Å²) >= 11 is 0.